The van der Waals surface area contributed by atoms with Crippen LogP contribution in [0.25, 0.3) is 0 Å². The Morgan fingerprint density at radius 3 is 0.850 bits per heavy atom. The average molecular weight is 563 g/mol. The highest BCUT2D eigenvalue weighted by Gasteiger charge is 2.39. The van der Waals surface area contributed by atoms with Crippen molar-refractivity contribution >= 4 is 10.8 Å². The van der Waals surface area contributed by atoms with Gasteiger partial charge in [-0.3, -0.25) is 4.21 Å². The lowest BCUT2D eigenvalue weighted by atomic mass is 9.87. The highest BCUT2D eigenvalue weighted by atomic mass is 32.2. The summed E-state index contributed by atoms with van der Waals surface area (Å²) in [5, 5.41) is 24.3. The van der Waals surface area contributed by atoms with Crippen LogP contribution in [0.1, 0.15) is 22.3 Å². The number of ether oxygens (including phenoxy) is 4. The molecule has 4 aromatic carbocycles. The molecule has 0 aliphatic heterocycles. The van der Waals surface area contributed by atoms with Gasteiger partial charge in [-0.15, -0.1) is 0 Å². The Kier molecular flexibility index (Phi) is 9.14. The molecule has 0 atom stereocenters. The maximum atomic E-state index is 14.0. The molecule has 0 radical (unpaired) electrons. The Bertz CT molecular complexity index is 1200. The summed E-state index contributed by atoms with van der Waals surface area (Å²) in [4.78, 5) is 0. The van der Waals surface area contributed by atoms with Crippen LogP contribution >= 0.6 is 0 Å². The van der Waals surface area contributed by atoms with Crippen molar-refractivity contribution in [2.45, 2.75) is 11.2 Å². The number of methoxy groups -OCH3 is 4. The van der Waals surface area contributed by atoms with E-state index in [0.717, 1.165) is 0 Å². The Labute approximate surface area is 237 Å². The standard InChI is InChI=1S/C32H34O7S/c1-36-27-13-5-23(6-14-27)31(33,24-7-15-28(37-2)16-8-24)21-40(35)22-32(34,25-9-17-29(38-3)18-10-25)26-11-19-30(39-4)20-12-26/h5-20,33-34H,21-22H2,1-4H3. The van der Waals surface area contributed by atoms with Crippen molar-refractivity contribution < 1.29 is 33.4 Å². The molecule has 4 rings (SSSR count). The van der Waals surface area contributed by atoms with Crippen LogP contribution in [0, 0.1) is 0 Å². The predicted octanol–water partition coefficient (Wildman–Crippen LogP) is 4.64. The van der Waals surface area contributed by atoms with Crippen molar-refractivity contribution in [1.29, 1.82) is 0 Å². The number of aliphatic hydroxyl groups is 2. The van der Waals surface area contributed by atoms with Crippen molar-refractivity contribution in [3.8, 4) is 23.0 Å². The maximum absolute atomic E-state index is 14.0. The Balaban J connectivity index is 1.73. The minimum absolute atomic E-state index is 0.166. The van der Waals surface area contributed by atoms with Gasteiger partial charge in [0.2, 0.25) is 0 Å². The van der Waals surface area contributed by atoms with E-state index < -0.39 is 22.0 Å². The van der Waals surface area contributed by atoms with E-state index in [2.05, 4.69) is 0 Å². The summed E-state index contributed by atoms with van der Waals surface area (Å²) < 4.78 is 35.1. The predicted molar refractivity (Wildman–Crippen MR) is 156 cm³/mol. The molecule has 0 heterocycles. The van der Waals surface area contributed by atoms with Gasteiger partial charge in [0, 0.05) is 10.8 Å². The lowest BCUT2D eigenvalue weighted by Crippen LogP contribution is -2.40. The molecule has 7 nitrogen and oxygen atoms in total. The third-order valence-electron chi connectivity index (χ3n) is 7.01. The first-order valence-corrected chi connectivity index (χ1v) is 14.1. The largest absolute Gasteiger partial charge is 0.497 e. The molecule has 40 heavy (non-hydrogen) atoms. The molecule has 0 aliphatic rings. The van der Waals surface area contributed by atoms with Crippen LogP contribution in [0.2, 0.25) is 0 Å². The summed E-state index contributed by atoms with van der Waals surface area (Å²) in [5.41, 5.74) is -1.06. The van der Waals surface area contributed by atoms with Crippen molar-refractivity contribution in [1.82, 2.24) is 0 Å². The van der Waals surface area contributed by atoms with E-state index in [1.807, 2.05) is 0 Å². The van der Waals surface area contributed by atoms with Gasteiger partial charge in [0.25, 0.3) is 0 Å². The van der Waals surface area contributed by atoms with Crippen LogP contribution in [0.5, 0.6) is 23.0 Å². The Morgan fingerprint density at radius 2 is 0.675 bits per heavy atom. The van der Waals surface area contributed by atoms with Gasteiger partial charge in [-0.2, -0.15) is 0 Å². The molecule has 0 saturated carbocycles. The second-order valence-corrected chi connectivity index (χ2v) is 10.8. The summed E-state index contributed by atoms with van der Waals surface area (Å²) in [6, 6.07) is 28.0. The number of rotatable bonds is 12. The van der Waals surface area contributed by atoms with Crippen LogP contribution in [-0.4, -0.2) is 54.4 Å². The van der Waals surface area contributed by atoms with Gasteiger partial charge in [-0.25, -0.2) is 0 Å². The molecule has 4 aromatic rings. The number of benzene rings is 4. The van der Waals surface area contributed by atoms with Crippen LogP contribution in [0.3, 0.4) is 0 Å². The SMILES string of the molecule is COc1ccc(C(O)(CS(=O)CC(O)(c2ccc(OC)cc2)c2ccc(OC)cc2)c2ccc(OC)cc2)cc1. The van der Waals surface area contributed by atoms with E-state index in [0.29, 0.717) is 45.3 Å². The zero-order valence-corrected chi connectivity index (χ0v) is 23.8. The first kappa shape index (κ1) is 29.1. The second-order valence-electron chi connectivity index (χ2n) is 9.36. The average Bonchev–Trinajstić information content (AvgIpc) is 3.01. The lowest BCUT2D eigenvalue weighted by Gasteiger charge is -2.33. The van der Waals surface area contributed by atoms with Gasteiger partial charge in [0.1, 0.15) is 34.2 Å². The highest BCUT2D eigenvalue weighted by molar-refractivity contribution is 7.85. The quantitative estimate of drug-likeness (QED) is 0.260. The van der Waals surface area contributed by atoms with Gasteiger partial charge >= 0.3 is 0 Å². The van der Waals surface area contributed by atoms with Gasteiger partial charge < -0.3 is 29.2 Å². The molecular formula is C32H34O7S. The molecule has 0 amide bonds. The summed E-state index contributed by atoms with van der Waals surface area (Å²) in [5.74, 6) is 2.21. The smallest absolute Gasteiger partial charge is 0.126 e. The van der Waals surface area contributed by atoms with Gasteiger partial charge in [0.05, 0.1) is 39.9 Å². The monoisotopic (exact) mass is 562 g/mol. The van der Waals surface area contributed by atoms with Crippen LogP contribution < -0.4 is 18.9 Å². The van der Waals surface area contributed by atoms with E-state index in [1.165, 1.54) is 0 Å². The second kappa shape index (κ2) is 12.6. The van der Waals surface area contributed by atoms with E-state index in [1.54, 1.807) is 126 Å². The number of hydrogen-bond donors (Lipinski definition) is 2. The fraction of sp³-hybridized carbons (Fsp3) is 0.250. The summed E-state index contributed by atoms with van der Waals surface area (Å²) in [6.07, 6.45) is 0. The molecule has 0 fully saturated rings. The normalized spacial score (nSPS) is 11.8. The van der Waals surface area contributed by atoms with Crippen molar-refractivity contribution in [3.63, 3.8) is 0 Å². The molecule has 0 aliphatic carbocycles. The van der Waals surface area contributed by atoms with Crippen molar-refractivity contribution in [2.24, 2.45) is 0 Å². The van der Waals surface area contributed by atoms with Gasteiger partial charge in [-0.1, -0.05) is 48.5 Å². The maximum Gasteiger partial charge on any atom is 0.126 e. The van der Waals surface area contributed by atoms with Crippen molar-refractivity contribution in [3.05, 3.63) is 119 Å². The molecule has 0 unspecified atom stereocenters. The van der Waals surface area contributed by atoms with Crippen LogP contribution in [0.15, 0.2) is 97.1 Å². The highest BCUT2D eigenvalue weighted by Crippen LogP contribution is 2.37. The molecule has 0 spiro atoms. The minimum Gasteiger partial charge on any atom is -0.497 e. The molecule has 2 N–H and O–H groups in total. The van der Waals surface area contributed by atoms with Gasteiger partial charge in [-0.05, 0) is 70.8 Å². The van der Waals surface area contributed by atoms with E-state index >= 15 is 0 Å². The third-order valence-corrected chi connectivity index (χ3v) is 8.49. The fourth-order valence-electron chi connectivity index (χ4n) is 4.65. The minimum atomic E-state index is -1.71. The number of hydrogen-bond acceptors (Lipinski definition) is 7. The summed E-state index contributed by atoms with van der Waals surface area (Å²) in [7, 11) is 4.56. The van der Waals surface area contributed by atoms with E-state index in [9.17, 15) is 14.4 Å². The molecule has 210 valence electrons. The molecule has 0 saturated heterocycles. The van der Waals surface area contributed by atoms with E-state index in [4.69, 9.17) is 18.9 Å². The Hall–Kier alpha value is -3.85. The molecule has 0 bridgehead atoms. The molecular weight excluding hydrogens is 528 g/mol. The first-order valence-electron chi connectivity index (χ1n) is 12.6. The van der Waals surface area contributed by atoms with Crippen LogP contribution in [-0.2, 0) is 22.0 Å². The zero-order valence-electron chi connectivity index (χ0n) is 23.0. The van der Waals surface area contributed by atoms with E-state index in [-0.39, 0.29) is 11.5 Å². The first-order chi connectivity index (χ1) is 19.2. The summed E-state index contributed by atoms with van der Waals surface area (Å²) >= 11 is 0. The molecule has 8 heteroatoms. The third kappa shape index (κ3) is 6.14. The Morgan fingerprint density at radius 1 is 0.475 bits per heavy atom. The van der Waals surface area contributed by atoms with Crippen molar-refractivity contribution in [2.75, 3.05) is 39.9 Å². The zero-order chi connectivity index (χ0) is 28.8. The lowest BCUT2D eigenvalue weighted by molar-refractivity contribution is 0.0996. The molecule has 0 aromatic heterocycles. The topological polar surface area (TPSA) is 94.5 Å². The summed E-state index contributed by atoms with van der Waals surface area (Å²) in [6.45, 7) is 0. The fourth-order valence-corrected chi connectivity index (χ4v) is 6.35. The van der Waals surface area contributed by atoms with Gasteiger partial charge in [0.15, 0.2) is 0 Å². The van der Waals surface area contributed by atoms with Crippen LogP contribution in [0.4, 0.5) is 0 Å².